The zero-order chi connectivity index (χ0) is 13.0. The molecule has 7 heteroatoms. The largest absolute Gasteiger partial charge is 0.366 e. The fourth-order valence-corrected chi connectivity index (χ4v) is 2.54. The summed E-state index contributed by atoms with van der Waals surface area (Å²) < 4.78 is 0. The van der Waals surface area contributed by atoms with Gasteiger partial charge in [0.1, 0.15) is 11.6 Å². The molecule has 0 bridgehead atoms. The Balaban J connectivity index is 2.07. The highest BCUT2D eigenvalue weighted by molar-refractivity contribution is 7.98. The van der Waals surface area contributed by atoms with Crippen molar-refractivity contribution in [3.05, 3.63) is 6.07 Å². The van der Waals surface area contributed by atoms with Gasteiger partial charge in [0.2, 0.25) is 0 Å². The normalized spacial score (nSPS) is 20.7. The van der Waals surface area contributed by atoms with Crippen molar-refractivity contribution in [3.8, 4) is 0 Å². The fourth-order valence-electron chi connectivity index (χ4n) is 2.16. The van der Waals surface area contributed by atoms with Gasteiger partial charge in [0.25, 0.3) is 0 Å². The lowest BCUT2D eigenvalue weighted by Crippen LogP contribution is -2.39. The first-order chi connectivity index (χ1) is 8.71. The van der Waals surface area contributed by atoms with Gasteiger partial charge in [0, 0.05) is 18.7 Å². The first kappa shape index (κ1) is 13.4. The number of nitrogens with zero attached hydrogens (tertiary/aromatic N) is 3. The Morgan fingerprint density at radius 3 is 2.89 bits per heavy atom. The van der Waals surface area contributed by atoms with Gasteiger partial charge in [-0.3, -0.25) is 0 Å². The van der Waals surface area contributed by atoms with E-state index in [1.165, 1.54) is 31.1 Å². The van der Waals surface area contributed by atoms with E-state index >= 15 is 0 Å². The first-order valence-electron chi connectivity index (χ1n) is 6.06. The van der Waals surface area contributed by atoms with Crippen molar-refractivity contribution in [2.45, 2.75) is 24.0 Å². The minimum Gasteiger partial charge on any atom is -0.366 e. The predicted molar refractivity (Wildman–Crippen MR) is 75.8 cm³/mol. The summed E-state index contributed by atoms with van der Waals surface area (Å²) in [5.41, 5.74) is 2.57. The Bertz CT molecular complexity index is 377. The molecule has 0 aliphatic carbocycles. The van der Waals surface area contributed by atoms with E-state index in [4.69, 9.17) is 5.84 Å². The molecule has 1 aliphatic rings. The third-order valence-corrected chi connectivity index (χ3v) is 3.56. The predicted octanol–water partition coefficient (Wildman–Crippen LogP) is 0.990. The highest BCUT2D eigenvalue weighted by atomic mass is 32.2. The van der Waals surface area contributed by atoms with E-state index in [1.807, 2.05) is 12.3 Å². The van der Waals surface area contributed by atoms with Crippen LogP contribution in [0.4, 0.5) is 11.6 Å². The maximum Gasteiger partial charge on any atom is 0.191 e. The molecule has 100 valence electrons. The van der Waals surface area contributed by atoms with Crippen LogP contribution in [0, 0.1) is 0 Å². The number of hydrogen-bond acceptors (Lipinski definition) is 7. The van der Waals surface area contributed by atoms with Crippen LogP contribution in [0.3, 0.4) is 0 Å². The van der Waals surface area contributed by atoms with Crippen LogP contribution in [0.15, 0.2) is 11.2 Å². The number of aromatic nitrogens is 2. The molecule has 0 radical (unpaired) electrons. The molecule has 0 saturated carbocycles. The van der Waals surface area contributed by atoms with Crippen molar-refractivity contribution in [2.24, 2.45) is 5.84 Å². The molecular formula is C11H20N6S. The van der Waals surface area contributed by atoms with Gasteiger partial charge in [-0.1, -0.05) is 11.8 Å². The van der Waals surface area contributed by atoms with Gasteiger partial charge in [-0.15, -0.1) is 0 Å². The van der Waals surface area contributed by atoms with Crippen LogP contribution in [0.2, 0.25) is 0 Å². The summed E-state index contributed by atoms with van der Waals surface area (Å²) in [5, 5.41) is 4.18. The van der Waals surface area contributed by atoms with Crippen molar-refractivity contribution in [1.82, 2.24) is 14.9 Å². The van der Waals surface area contributed by atoms with Crippen LogP contribution in [0.5, 0.6) is 0 Å². The number of anilines is 2. The molecule has 1 atom stereocenters. The van der Waals surface area contributed by atoms with E-state index in [2.05, 4.69) is 32.7 Å². The van der Waals surface area contributed by atoms with Crippen LogP contribution in [0.25, 0.3) is 0 Å². The van der Waals surface area contributed by atoms with Crippen LogP contribution in [-0.4, -0.2) is 47.3 Å². The molecule has 1 fully saturated rings. The van der Waals surface area contributed by atoms with Gasteiger partial charge in [-0.25, -0.2) is 15.8 Å². The van der Waals surface area contributed by atoms with Gasteiger partial charge < -0.3 is 15.6 Å². The minimum atomic E-state index is 0.444. The number of thioether (sulfide) groups is 1. The molecule has 2 rings (SSSR count). The Labute approximate surface area is 112 Å². The third-order valence-electron chi connectivity index (χ3n) is 3.01. The van der Waals surface area contributed by atoms with Gasteiger partial charge in [-0.05, 0) is 32.7 Å². The number of nitrogens with one attached hydrogen (secondary N) is 2. The molecule has 1 aliphatic heterocycles. The van der Waals surface area contributed by atoms with Gasteiger partial charge in [0.15, 0.2) is 5.16 Å². The molecule has 4 N–H and O–H groups in total. The molecule has 0 spiro atoms. The summed E-state index contributed by atoms with van der Waals surface area (Å²) in [5.74, 6) is 6.89. The molecule has 18 heavy (non-hydrogen) atoms. The van der Waals surface area contributed by atoms with Crippen molar-refractivity contribution < 1.29 is 0 Å². The quantitative estimate of drug-likeness (QED) is 0.325. The average Bonchev–Trinajstić information content (AvgIpc) is 2.38. The van der Waals surface area contributed by atoms with E-state index in [0.717, 1.165) is 17.5 Å². The zero-order valence-corrected chi connectivity index (χ0v) is 11.6. The summed E-state index contributed by atoms with van der Waals surface area (Å²) in [7, 11) is 2.15. The number of nitrogens with two attached hydrogens (primary N) is 1. The Morgan fingerprint density at radius 1 is 1.44 bits per heavy atom. The SMILES string of the molecule is CSc1nc(NN)cc(NC2CCCN(C)C2)n1. The van der Waals surface area contributed by atoms with Crippen LogP contribution < -0.4 is 16.6 Å². The molecular weight excluding hydrogens is 248 g/mol. The lowest BCUT2D eigenvalue weighted by Gasteiger charge is -2.30. The zero-order valence-electron chi connectivity index (χ0n) is 10.8. The van der Waals surface area contributed by atoms with E-state index in [9.17, 15) is 0 Å². The highest BCUT2D eigenvalue weighted by Gasteiger charge is 2.17. The van der Waals surface area contributed by atoms with E-state index in [-0.39, 0.29) is 0 Å². The highest BCUT2D eigenvalue weighted by Crippen LogP contribution is 2.19. The summed E-state index contributed by atoms with van der Waals surface area (Å²) in [6.45, 7) is 2.22. The van der Waals surface area contributed by atoms with Gasteiger partial charge in [-0.2, -0.15) is 0 Å². The maximum atomic E-state index is 5.41. The second-order valence-corrected chi connectivity index (χ2v) is 5.29. The van der Waals surface area contributed by atoms with Crippen LogP contribution in [0.1, 0.15) is 12.8 Å². The first-order valence-corrected chi connectivity index (χ1v) is 7.28. The van der Waals surface area contributed by atoms with Crippen molar-refractivity contribution in [2.75, 3.05) is 37.1 Å². The summed E-state index contributed by atoms with van der Waals surface area (Å²) in [4.78, 5) is 11.0. The summed E-state index contributed by atoms with van der Waals surface area (Å²) in [6.07, 6.45) is 4.35. The number of hydrazine groups is 1. The van der Waals surface area contributed by atoms with E-state index in [1.54, 1.807) is 0 Å². The Hall–Kier alpha value is -1.05. The molecule has 1 aromatic heterocycles. The second-order valence-electron chi connectivity index (χ2n) is 4.52. The number of rotatable bonds is 4. The number of likely N-dealkylation sites (tertiary alicyclic amines) is 1. The molecule has 2 heterocycles. The Kier molecular flexibility index (Phi) is 4.62. The van der Waals surface area contributed by atoms with Gasteiger partial charge in [0.05, 0.1) is 0 Å². The standard InChI is InChI=1S/C11H20N6S/c1-17-5-3-4-8(7-17)13-9-6-10(16-12)15-11(14-9)18-2/h6,8H,3-5,7,12H2,1-2H3,(H2,13,14,15,16). The van der Waals surface area contributed by atoms with Crippen molar-refractivity contribution >= 4 is 23.4 Å². The molecule has 1 unspecified atom stereocenters. The fraction of sp³-hybridized carbons (Fsp3) is 0.636. The smallest absolute Gasteiger partial charge is 0.191 e. The lowest BCUT2D eigenvalue weighted by atomic mass is 10.1. The molecule has 1 saturated heterocycles. The van der Waals surface area contributed by atoms with E-state index in [0.29, 0.717) is 11.9 Å². The topological polar surface area (TPSA) is 79.1 Å². The maximum absolute atomic E-state index is 5.41. The third kappa shape index (κ3) is 3.47. The van der Waals surface area contributed by atoms with E-state index < -0.39 is 0 Å². The molecule has 1 aromatic rings. The number of hydrogen-bond donors (Lipinski definition) is 3. The van der Waals surface area contributed by atoms with Crippen LogP contribution in [-0.2, 0) is 0 Å². The number of likely N-dealkylation sites (N-methyl/N-ethyl adjacent to an activating group) is 1. The monoisotopic (exact) mass is 268 g/mol. The molecule has 6 nitrogen and oxygen atoms in total. The number of nitrogen functional groups attached to an aromatic ring is 1. The summed E-state index contributed by atoms with van der Waals surface area (Å²) >= 11 is 1.51. The molecule has 0 amide bonds. The average molecular weight is 268 g/mol. The number of piperidine rings is 1. The summed E-state index contributed by atoms with van der Waals surface area (Å²) in [6, 6.07) is 2.29. The second kappa shape index (κ2) is 6.21. The molecule has 0 aromatic carbocycles. The lowest BCUT2D eigenvalue weighted by molar-refractivity contribution is 0.260. The minimum absolute atomic E-state index is 0.444. The van der Waals surface area contributed by atoms with Crippen molar-refractivity contribution in [3.63, 3.8) is 0 Å². The Morgan fingerprint density at radius 2 is 2.22 bits per heavy atom. The van der Waals surface area contributed by atoms with Crippen LogP contribution >= 0.6 is 11.8 Å². The van der Waals surface area contributed by atoms with Gasteiger partial charge >= 0.3 is 0 Å². The van der Waals surface area contributed by atoms with Crippen molar-refractivity contribution in [1.29, 1.82) is 0 Å².